The van der Waals surface area contributed by atoms with Crippen LogP contribution in [0.3, 0.4) is 0 Å². The molecule has 20 heavy (non-hydrogen) atoms. The summed E-state index contributed by atoms with van der Waals surface area (Å²) in [5.74, 6) is 0.772. The number of nitrogens with zero attached hydrogens (tertiary/aromatic N) is 4. The largest absolute Gasteiger partial charge is 0.368 e. The van der Waals surface area contributed by atoms with Crippen LogP contribution in [0, 0.1) is 13.8 Å². The summed E-state index contributed by atoms with van der Waals surface area (Å²) in [5.41, 5.74) is 3.19. The first kappa shape index (κ1) is 13.2. The summed E-state index contributed by atoms with van der Waals surface area (Å²) in [5, 5.41) is 0. The number of imidazole rings is 1. The van der Waals surface area contributed by atoms with Crippen LogP contribution in [-0.4, -0.2) is 44.5 Å². The van der Waals surface area contributed by atoms with Gasteiger partial charge in [-0.1, -0.05) is 0 Å². The number of nitrogens with one attached hydrogen (secondary N) is 1. The first-order valence-electron chi connectivity index (χ1n) is 6.85. The number of H-pyrrole nitrogens is 1. The highest BCUT2D eigenvalue weighted by molar-refractivity contribution is 5.09. The molecule has 1 aliphatic heterocycles. The average molecular weight is 273 g/mol. The monoisotopic (exact) mass is 273 g/mol. The van der Waals surface area contributed by atoms with Gasteiger partial charge in [0.15, 0.2) is 5.82 Å². The Morgan fingerprint density at radius 3 is 3.05 bits per heavy atom. The molecule has 0 aromatic carbocycles. The third-order valence-electron chi connectivity index (χ3n) is 3.56. The molecule has 1 unspecified atom stereocenters. The van der Waals surface area contributed by atoms with Crippen molar-refractivity contribution in [3.05, 3.63) is 41.5 Å². The summed E-state index contributed by atoms with van der Waals surface area (Å²) in [4.78, 5) is 18.6. The van der Waals surface area contributed by atoms with E-state index in [-0.39, 0.29) is 6.10 Å². The van der Waals surface area contributed by atoms with Gasteiger partial charge in [0.05, 0.1) is 18.6 Å². The van der Waals surface area contributed by atoms with Crippen LogP contribution in [0.15, 0.2) is 18.6 Å². The predicted octanol–water partition coefficient (Wildman–Crippen LogP) is 1.39. The van der Waals surface area contributed by atoms with Gasteiger partial charge in [0.25, 0.3) is 0 Å². The van der Waals surface area contributed by atoms with E-state index < -0.39 is 0 Å². The van der Waals surface area contributed by atoms with Crippen molar-refractivity contribution in [1.29, 1.82) is 0 Å². The van der Waals surface area contributed by atoms with Gasteiger partial charge in [-0.25, -0.2) is 15.0 Å². The lowest BCUT2D eigenvalue weighted by atomic mass is 10.2. The van der Waals surface area contributed by atoms with E-state index in [1.54, 1.807) is 12.5 Å². The second kappa shape index (κ2) is 5.68. The van der Waals surface area contributed by atoms with Crippen molar-refractivity contribution in [2.75, 3.05) is 19.7 Å². The Morgan fingerprint density at radius 2 is 2.30 bits per heavy atom. The van der Waals surface area contributed by atoms with Crippen molar-refractivity contribution in [3.8, 4) is 0 Å². The molecule has 1 saturated heterocycles. The zero-order chi connectivity index (χ0) is 13.9. The predicted molar refractivity (Wildman–Crippen MR) is 74.1 cm³/mol. The maximum atomic E-state index is 5.80. The van der Waals surface area contributed by atoms with Gasteiger partial charge >= 0.3 is 0 Å². The lowest BCUT2D eigenvalue weighted by Crippen LogP contribution is -2.38. The van der Waals surface area contributed by atoms with Crippen LogP contribution in [0.2, 0.25) is 0 Å². The van der Waals surface area contributed by atoms with Gasteiger partial charge in [-0.2, -0.15) is 0 Å². The van der Waals surface area contributed by atoms with Gasteiger partial charge in [0.1, 0.15) is 6.10 Å². The molecule has 3 heterocycles. The molecule has 6 nitrogen and oxygen atoms in total. The van der Waals surface area contributed by atoms with Crippen LogP contribution in [0.1, 0.15) is 29.0 Å². The Balaban J connectivity index is 1.69. The molecule has 3 rings (SSSR count). The minimum Gasteiger partial charge on any atom is -0.368 e. The van der Waals surface area contributed by atoms with E-state index in [1.807, 2.05) is 19.9 Å². The first-order chi connectivity index (χ1) is 9.72. The fourth-order valence-corrected chi connectivity index (χ4v) is 2.38. The van der Waals surface area contributed by atoms with E-state index in [2.05, 4.69) is 24.8 Å². The molecule has 106 valence electrons. The summed E-state index contributed by atoms with van der Waals surface area (Å²) < 4.78 is 5.80. The summed E-state index contributed by atoms with van der Waals surface area (Å²) in [6.45, 7) is 7.26. The highest BCUT2D eigenvalue weighted by atomic mass is 16.5. The van der Waals surface area contributed by atoms with Crippen molar-refractivity contribution in [2.24, 2.45) is 0 Å². The third-order valence-corrected chi connectivity index (χ3v) is 3.56. The lowest BCUT2D eigenvalue weighted by Gasteiger charge is -2.31. The van der Waals surface area contributed by atoms with Crippen molar-refractivity contribution >= 4 is 0 Å². The molecule has 0 aliphatic carbocycles. The van der Waals surface area contributed by atoms with E-state index in [1.165, 1.54) is 0 Å². The smallest absolute Gasteiger partial charge is 0.158 e. The molecule has 0 spiro atoms. The van der Waals surface area contributed by atoms with Crippen LogP contribution in [-0.2, 0) is 11.3 Å². The number of aromatic nitrogens is 4. The number of ether oxygens (including phenoxy) is 1. The quantitative estimate of drug-likeness (QED) is 0.915. The fraction of sp³-hybridized carbons (Fsp3) is 0.500. The molecule has 2 aromatic rings. The molecule has 1 fully saturated rings. The second-order valence-electron chi connectivity index (χ2n) is 5.12. The zero-order valence-corrected chi connectivity index (χ0v) is 11.8. The minimum atomic E-state index is -0.0529. The molecular formula is C14H19N5O. The number of hydrogen-bond donors (Lipinski definition) is 1. The van der Waals surface area contributed by atoms with Gasteiger partial charge in [0.2, 0.25) is 0 Å². The van der Waals surface area contributed by atoms with Crippen molar-refractivity contribution in [3.63, 3.8) is 0 Å². The Morgan fingerprint density at radius 1 is 1.40 bits per heavy atom. The molecule has 0 amide bonds. The minimum absolute atomic E-state index is 0.0529. The Hall–Kier alpha value is -1.79. The van der Waals surface area contributed by atoms with E-state index >= 15 is 0 Å². The zero-order valence-electron chi connectivity index (χ0n) is 11.8. The summed E-state index contributed by atoms with van der Waals surface area (Å²) >= 11 is 0. The van der Waals surface area contributed by atoms with Crippen LogP contribution in [0.4, 0.5) is 0 Å². The molecule has 0 bridgehead atoms. The number of aryl methyl sites for hydroxylation is 2. The van der Waals surface area contributed by atoms with Crippen molar-refractivity contribution in [2.45, 2.75) is 26.5 Å². The lowest BCUT2D eigenvalue weighted by molar-refractivity contribution is -0.0376. The molecule has 0 radical (unpaired) electrons. The van der Waals surface area contributed by atoms with Gasteiger partial charge in [-0.05, 0) is 19.9 Å². The van der Waals surface area contributed by atoms with E-state index in [9.17, 15) is 0 Å². The van der Waals surface area contributed by atoms with Gasteiger partial charge in [-0.3, -0.25) is 4.90 Å². The SMILES string of the molecule is Cc1ccnc(C2CN(Cc3nc[nH]c3C)CCO2)n1. The number of morpholine rings is 1. The molecule has 1 N–H and O–H groups in total. The number of hydrogen-bond acceptors (Lipinski definition) is 5. The number of aromatic amines is 1. The molecule has 6 heteroatoms. The summed E-state index contributed by atoms with van der Waals surface area (Å²) in [7, 11) is 0. The molecule has 1 aliphatic rings. The van der Waals surface area contributed by atoms with E-state index in [0.29, 0.717) is 6.61 Å². The summed E-state index contributed by atoms with van der Waals surface area (Å²) in [6.07, 6.45) is 3.48. The topological polar surface area (TPSA) is 66.9 Å². The highest BCUT2D eigenvalue weighted by Gasteiger charge is 2.24. The van der Waals surface area contributed by atoms with Gasteiger partial charge < -0.3 is 9.72 Å². The Kier molecular flexibility index (Phi) is 3.75. The molecule has 2 aromatic heterocycles. The summed E-state index contributed by atoms with van der Waals surface area (Å²) in [6, 6.07) is 1.90. The molecule has 1 atom stereocenters. The van der Waals surface area contributed by atoms with Gasteiger partial charge in [0, 0.05) is 37.2 Å². The Labute approximate surface area is 118 Å². The van der Waals surface area contributed by atoms with Crippen LogP contribution >= 0.6 is 0 Å². The average Bonchev–Trinajstić information content (AvgIpc) is 2.85. The van der Waals surface area contributed by atoms with Crippen LogP contribution in [0.5, 0.6) is 0 Å². The first-order valence-corrected chi connectivity index (χ1v) is 6.85. The maximum absolute atomic E-state index is 5.80. The van der Waals surface area contributed by atoms with E-state index in [4.69, 9.17) is 4.74 Å². The van der Waals surface area contributed by atoms with E-state index in [0.717, 1.165) is 42.5 Å². The highest BCUT2D eigenvalue weighted by Crippen LogP contribution is 2.20. The van der Waals surface area contributed by atoms with Gasteiger partial charge in [-0.15, -0.1) is 0 Å². The molecular weight excluding hydrogens is 254 g/mol. The van der Waals surface area contributed by atoms with Crippen molar-refractivity contribution in [1.82, 2.24) is 24.8 Å². The second-order valence-corrected chi connectivity index (χ2v) is 5.12. The fourth-order valence-electron chi connectivity index (χ4n) is 2.38. The maximum Gasteiger partial charge on any atom is 0.158 e. The number of rotatable bonds is 3. The van der Waals surface area contributed by atoms with Crippen LogP contribution in [0.25, 0.3) is 0 Å². The Bertz CT molecular complexity index is 582. The van der Waals surface area contributed by atoms with Crippen LogP contribution < -0.4 is 0 Å². The third kappa shape index (κ3) is 2.86. The normalized spacial score (nSPS) is 20.2. The van der Waals surface area contributed by atoms with Crippen molar-refractivity contribution < 1.29 is 4.74 Å². The standard InChI is InChI=1S/C14H19N5O/c1-10-3-4-15-14(18-10)13-8-19(5-6-20-13)7-12-11(2)16-9-17-12/h3-4,9,13H,5-8H2,1-2H3,(H,16,17). The molecule has 0 saturated carbocycles.